The number of sulfonamides is 2. The van der Waals surface area contributed by atoms with Crippen LogP contribution in [0.15, 0.2) is 23.1 Å². The molecule has 1 aliphatic heterocycles. The van der Waals surface area contributed by atoms with Crippen molar-refractivity contribution in [1.29, 1.82) is 0 Å². The third kappa shape index (κ3) is 6.13. The maximum Gasteiger partial charge on any atom is 0.246 e. The molecule has 170 valence electrons. The lowest BCUT2D eigenvalue weighted by Crippen LogP contribution is -2.56. The normalized spacial score (nSPS) is 17.1. The van der Waals surface area contributed by atoms with Crippen LogP contribution in [0.3, 0.4) is 0 Å². The van der Waals surface area contributed by atoms with Crippen molar-refractivity contribution in [1.82, 2.24) is 13.9 Å². The van der Waals surface area contributed by atoms with Crippen LogP contribution in [-0.2, 0) is 24.8 Å². The second-order valence-corrected chi connectivity index (χ2v) is 11.6. The van der Waals surface area contributed by atoms with Gasteiger partial charge in [-0.15, -0.1) is 0 Å². The highest BCUT2D eigenvalue weighted by molar-refractivity contribution is 7.98. The summed E-state index contributed by atoms with van der Waals surface area (Å²) in [6.07, 6.45) is 2.15. The van der Waals surface area contributed by atoms with Crippen LogP contribution in [0.2, 0.25) is 0 Å². The molecule has 1 aromatic carbocycles. The molecule has 13 heteroatoms. The van der Waals surface area contributed by atoms with Gasteiger partial charge in [0, 0.05) is 32.2 Å². The van der Waals surface area contributed by atoms with Gasteiger partial charge in [-0.25, -0.2) is 30.3 Å². The summed E-state index contributed by atoms with van der Waals surface area (Å²) in [5, 5.41) is 0. The van der Waals surface area contributed by atoms with Crippen molar-refractivity contribution < 1.29 is 30.4 Å². The third-order valence-corrected chi connectivity index (χ3v) is 8.65. The minimum absolute atomic E-state index is 0.0322. The molecule has 1 heterocycles. The van der Waals surface area contributed by atoms with Crippen molar-refractivity contribution in [3.05, 3.63) is 29.8 Å². The summed E-state index contributed by atoms with van der Waals surface area (Å²) in [5.74, 6) is -2.08. The first-order chi connectivity index (χ1) is 14.0. The summed E-state index contributed by atoms with van der Waals surface area (Å²) < 4.78 is 79.6. The highest BCUT2D eigenvalue weighted by atomic mass is 32.2. The number of amides is 1. The lowest BCUT2D eigenvalue weighted by Gasteiger charge is -2.35. The van der Waals surface area contributed by atoms with E-state index in [4.69, 9.17) is 0 Å². The topological polar surface area (TPSA) is 104 Å². The number of carbonyl (C=O) groups is 1. The molecule has 8 nitrogen and oxygen atoms in total. The van der Waals surface area contributed by atoms with E-state index in [-0.39, 0.29) is 31.9 Å². The van der Waals surface area contributed by atoms with Crippen LogP contribution in [0, 0.1) is 11.6 Å². The number of hydrogen-bond acceptors (Lipinski definition) is 6. The molecule has 0 aliphatic carbocycles. The minimum Gasteiger partial charge on any atom is -0.339 e. The Morgan fingerprint density at radius 3 is 2.33 bits per heavy atom. The monoisotopic (exact) mass is 485 g/mol. The number of piperazine rings is 1. The fourth-order valence-corrected chi connectivity index (χ4v) is 5.72. The first kappa shape index (κ1) is 25.0. The van der Waals surface area contributed by atoms with Gasteiger partial charge in [0.2, 0.25) is 26.0 Å². The number of carbonyl (C=O) groups excluding carboxylic acids is 1. The van der Waals surface area contributed by atoms with E-state index in [1.54, 1.807) is 0 Å². The number of thioether (sulfide) groups is 1. The second-order valence-electron chi connectivity index (χ2n) is 6.66. The average Bonchev–Trinajstić information content (AvgIpc) is 2.70. The van der Waals surface area contributed by atoms with Gasteiger partial charge in [0.1, 0.15) is 22.6 Å². The molecule has 1 unspecified atom stereocenters. The molecule has 1 atom stereocenters. The molecule has 30 heavy (non-hydrogen) atoms. The summed E-state index contributed by atoms with van der Waals surface area (Å²) in [6.45, 7) is 1.37. The summed E-state index contributed by atoms with van der Waals surface area (Å²) in [7, 11) is -7.78. The maximum atomic E-state index is 13.9. The average molecular weight is 486 g/mol. The zero-order chi connectivity index (χ0) is 22.5. The van der Waals surface area contributed by atoms with E-state index in [1.165, 1.54) is 23.6 Å². The number of nitrogens with one attached hydrogen (secondary N) is 1. The summed E-state index contributed by atoms with van der Waals surface area (Å²) in [5.41, 5.74) is 0. The van der Waals surface area contributed by atoms with E-state index in [9.17, 15) is 30.4 Å². The Morgan fingerprint density at radius 1 is 1.17 bits per heavy atom. The van der Waals surface area contributed by atoms with Crippen molar-refractivity contribution in [3.63, 3.8) is 0 Å². The molecule has 2 rings (SSSR count). The molecule has 1 aliphatic rings. The van der Waals surface area contributed by atoms with E-state index in [0.717, 1.165) is 16.4 Å². The van der Waals surface area contributed by atoms with Crippen LogP contribution in [0.25, 0.3) is 0 Å². The van der Waals surface area contributed by atoms with Crippen LogP contribution < -0.4 is 4.72 Å². The number of rotatable bonds is 9. The Labute approximate surface area is 180 Å². The highest BCUT2D eigenvalue weighted by Crippen LogP contribution is 2.22. The molecule has 1 amide bonds. The van der Waals surface area contributed by atoms with Gasteiger partial charge >= 0.3 is 0 Å². The van der Waals surface area contributed by atoms with Crippen molar-refractivity contribution in [2.24, 2.45) is 0 Å². The molecule has 1 fully saturated rings. The zero-order valence-electron chi connectivity index (χ0n) is 16.7. The van der Waals surface area contributed by atoms with Gasteiger partial charge in [-0.2, -0.15) is 16.1 Å². The largest absolute Gasteiger partial charge is 0.339 e. The predicted octanol–water partition coefficient (Wildman–Crippen LogP) is 0.859. The number of hydrogen-bond donors (Lipinski definition) is 1. The molecule has 0 radical (unpaired) electrons. The zero-order valence-corrected chi connectivity index (χ0v) is 19.1. The number of nitrogens with zero attached hydrogens (tertiary/aromatic N) is 2. The van der Waals surface area contributed by atoms with Crippen LogP contribution >= 0.6 is 11.8 Å². The SMILES string of the molecule is CCS(=O)(=O)NC(CCSC)C(=O)N1CCN(S(=O)(=O)c2ccc(F)cc2F)CC1. The second kappa shape index (κ2) is 10.4. The van der Waals surface area contributed by atoms with E-state index in [1.807, 2.05) is 6.26 Å². The summed E-state index contributed by atoms with van der Waals surface area (Å²) >= 11 is 1.48. The number of halogens is 2. The Morgan fingerprint density at radius 2 is 1.80 bits per heavy atom. The molecule has 0 saturated carbocycles. The van der Waals surface area contributed by atoms with E-state index < -0.39 is 48.5 Å². The Hall–Kier alpha value is -1.28. The quantitative estimate of drug-likeness (QED) is 0.557. The lowest BCUT2D eigenvalue weighted by atomic mass is 10.2. The first-order valence-electron chi connectivity index (χ1n) is 9.24. The third-order valence-electron chi connectivity index (χ3n) is 4.67. The number of benzene rings is 1. The molecule has 0 aromatic heterocycles. The van der Waals surface area contributed by atoms with E-state index >= 15 is 0 Å². The molecule has 1 N–H and O–H groups in total. The Kier molecular flexibility index (Phi) is 8.62. The van der Waals surface area contributed by atoms with Gasteiger partial charge in [-0.3, -0.25) is 4.79 Å². The molecule has 1 aromatic rings. The Balaban J connectivity index is 2.09. The van der Waals surface area contributed by atoms with Crippen molar-refractivity contribution >= 4 is 37.7 Å². The molecular weight excluding hydrogens is 460 g/mol. The minimum atomic E-state index is -4.19. The first-order valence-corrected chi connectivity index (χ1v) is 13.7. The van der Waals surface area contributed by atoms with Gasteiger partial charge in [0.15, 0.2) is 0 Å². The van der Waals surface area contributed by atoms with Crippen LogP contribution in [-0.4, -0.2) is 81.9 Å². The van der Waals surface area contributed by atoms with Gasteiger partial charge in [-0.05, 0) is 37.5 Å². The molecule has 1 saturated heterocycles. The van der Waals surface area contributed by atoms with E-state index in [2.05, 4.69) is 4.72 Å². The molecule has 0 bridgehead atoms. The smallest absolute Gasteiger partial charge is 0.246 e. The van der Waals surface area contributed by atoms with Crippen molar-refractivity contribution in [2.45, 2.75) is 24.3 Å². The van der Waals surface area contributed by atoms with Gasteiger partial charge < -0.3 is 4.90 Å². The van der Waals surface area contributed by atoms with Crippen molar-refractivity contribution in [3.8, 4) is 0 Å². The summed E-state index contributed by atoms with van der Waals surface area (Å²) in [6, 6.07) is 1.31. The van der Waals surface area contributed by atoms with Crippen LogP contribution in [0.1, 0.15) is 13.3 Å². The van der Waals surface area contributed by atoms with Gasteiger partial charge in [0.05, 0.1) is 5.75 Å². The van der Waals surface area contributed by atoms with Crippen LogP contribution in [0.5, 0.6) is 0 Å². The standard InChI is InChI=1S/C17H25F2N3O5S3/c1-3-29(24,25)20-15(6-11-28-2)17(23)21-7-9-22(10-8-21)30(26,27)16-5-4-13(18)12-14(16)19/h4-5,12,15,20H,3,6-11H2,1-2H3. The van der Waals surface area contributed by atoms with Crippen molar-refractivity contribution in [2.75, 3.05) is 43.9 Å². The Bertz CT molecular complexity index is 965. The highest BCUT2D eigenvalue weighted by Gasteiger charge is 2.34. The van der Waals surface area contributed by atoms with E-state index in [0.29, 0.717) is 18.2 Å². The maximum absolute atomic E-state index is 13.9. The fourth-order valence-electron chi connectivity index (χ4n) is 2.96. The molecule has 0 spiro atoms. The van der Waals surface area contributed by atoms with Crippen LogP contribution in [0.4, 0.5) is 8.78 Å². The van der Waals surface area contributed by atoms with Gasteiger partial charge in [0.25, 0.3) is 0 Å². The van der Waals surface area contributed by atoms with Gasteiger partial charge in [-0.1, -0.05) is 0 Å². The fraction of sp³-hybridized carbons (Fsp3) is 0.588. The predicted molar refractivity (Wildman–Crippen MR) is 111 cm³/mol. The lowest BCUT2D eigenvalue weighted by molar-refractivity contribution is -0.134. The summed E-state index contributed by atoms with van der Waals surface area (Å²) in [4.78, 5) is 13.6. The molecular formula is C17H25F2N3O5S3.